The van der Waals surface area contributed by atoms with Crippen LogP contribution in [0.15, 0.2) is 18.9 Å². The zero-order chi connectivity index (χ0) is 17.7. The summed E-state index contributed by atoms with van der Waals surface area (Å²) < 4.78 is 8.70. The van der Waals surface area contributed by atoms with Gasteiger partial charge in [0.2, 0.25) is 0 Å². The van der Waals surface area contributed by atoms with Crippen LogP contribution in [0.5, 0.6) is 0 Å². The van der Waals surface area contributed by atoms with E-state index in [2.05, 4.69) is 15.0 Å². The van der Waals surface area contributed by atoms with Crippen LogP contribution in [0.3, 0.4) is 0 Å². The lowest BCUT2D eigenvalue weighted by Crippen LogP contribution is -2.33. The highest BCUT2D eigenvalue weighted by molar-refractivity contribution is 5.85. The molecule has 3 aromatic heterocycles. The lowest BCUT2D eigenvalue weighted by Gasteiger charge is -2.16. The third kappa shape index (κ3) is 2.34. The fraction of sp³-hybridized carbons (Fsp3) is 0.533. The minimum Gasteiger partial charge on any atom is -0.394 e. The maximum absolute atomic E-state index is 10.2. The Morgan fingerprint density at radius 1 is 1.16 bits per heavy atom. The molecule has 134 valence electrons. The molecule has 0 aliphatic carbocycles. The van der Waals surface area contributed by atoms with E-state index in [9.17, 15) is 20.4 Å². The zero-order valence-electron chi connectivity index (χ0n) is 13.5. The van der Waals surface area contributed by atoms with Crippen molar-refractivity contribution >= 4 is 16.8 Å². The molecule has 10 nitrogen and oxygen atoms in total. The Kier molecular flexibility index (Phi) is 3.93. The van der Waals surface area contributed by atoms with Crippen LogP contribution in [-0.4, -0.2) is 69.3 Å². The van der Waals surface area contributed by atoms with Gasteiger partial charge in [0.1, 0.15) is 24.6 Å². The summed E-state index contributed by atoms with van der Waals surface area (Å²) in [4.78, 5) is 13.0. The number of hydrogen-bond donors (Lipinski definition) is 4. The van der Waals surface area contributed by atoms with Gasteiger partial charge in [-0.15, -0.1) is 0 Å². The number of hydrogen-bond acceptors (Lipinski definition) is 8. The van der Waals surface area contributed by atoms with Crippen molar-refractivity contribution in [1.29, 1.82) is 0 Å². The number of rotatable bonds is 4. The summed E-state index contributed by atoms with van der Waals surface area (Å²) in [6.07, 6.45) is 0.233. The standard InChI is InChI=1S/C15H19N5O5/c1-2-8(22)7-3-16-13-10-14(18-6-19(7)13)20(5-17-10)15-12(24)11(23)9(4-21)25-15/h3,5-6,8-9,11-12,15,21-24H,2,4H2,1H3/t8?,9?,11-,12?,15?/m1/s1. The summed E-state index contributed by atoms with van der Waals surface area (Å²) in [7, 11) is 0. The third-order valence-electron chi connectivity index (χ3n) is 4.62. The molecule has 0 saturated carbocycles. The Morgan fingerprint density at radius 3 is 2.64 bits per heavy atom. The quantitative estimate of drug-likeness (QED) is 0.477. The molecule has 4 rings (SSSR count). The van der Waals surface area contributed by atoms with Crippen molar-refractivity contribution in [3.63, 3.8) is 0 Å². The normalized spacial score (nSPS) is 28.2. The Labute approximate surface area is 142 Å². The predicted octanol–water partition coefficient (Wildman–Crippen LogP) is -0.866. The first kappa shape index (κ1) is 16.4. The number of aromatic nitrogens is 5. The summed E-state index contributed by atoms with van der Waals surface area (Å²) in [5.74, 6) is 0. The van der Waals surface area contributed by atoms with Gasteiger partial charge in [0.05, 0.1) is 30.9 Å². The fourth-order valence-electron chi connectivity index (χ4n) is 3.17. The summed E-state index contributed by atoms with van der Waals surface area (Å²) in [5, 5.41) is 39.4. The Morgan fingerprint density at radius 2 is 1.96 bits per heavy atom. The fourth-order valence-corrected chi connectivity index (χ4v) is 3.17. The van der Waals surface area contributed by atoms with E-state index in [1.165, 1.54) is 17.2 Å². The molecule has 25 heavy (non-hydrogen) atoms. The monoisotopic (exact) mass is 349 g/mol. The largest absolute Gasteiger partial charge is 0.394 e. The smallest absolute Gasteiger partial charge is 0.168 e. The molecule has 0 amide bonds. The molecule has 1 fully saturated rings. The first-order valence-electron chi connectivity index (χ1n) is 8.05. The summed E-state index contributed by atoms with van der Waals surface area (Å²) in [6.45, 7) is 1.46. The second-order valence-corrected chi connectivity index (χ2v) is 6.10. The zero-order valence-corrected chi connectivity index (χ0v) is 13.5. The first-order chi connectivity index (χ1) is 12.1. The molecule has 10 heteroatoms. The van der Waals surface area contributed by atoms with Crippen molar-refractivity contribution in [2.75, 3.05) is 6.61 Å². The molecule has 0 bridgehead atoms. The van der Waals surface area contributed by atoms with Crippen LogP contribution >= 0.6 is 0 Å². The van der Waals surface area contributed by atoms with Crippen LogP contribution < -0.4 is 0 Å². The van der Waals surface area contributed by atoms with E-state index in [0.717, 1.165) is 0 Å². The molecule has 0 spiro atoms. The molecule has 5 atom stereocenters. The van der Waals surface area contributed by atoms with E-state index in [-0.39, 0.29) is 0 Å². The van der Waals surface area contributed by atoms with Gasteiger partial charge in [-0.05, 0) is 6.42 Å². The van der Waals surface area contributed by atoms with E-state index in [0.29, 0.717) is 28.9 Å². The van der Waals surface area contributed by atoms with Crippen molar-refractivity contribution in [2.45, 2.75) is 44.0 Å². The summed E-state index contributed by atoms with van der Waals surface area (Å²) >= 11 is 0. The molecule has 0 radical (unpaired) electrons. The van der Waals surface area contributed by atoms with Crippen LogP contribution in [-0.2, 0) is 4.74 Å². The van der Waals surface area contributed by atoms with Gasteiger partial charge in [0.15, 0.2) is 23.0 Å². The Balaban J connectivity index is 1.80. The van der Waals surface area contributed by atoms with Gasteiger partial charge < -0.3 is 25.2 Å². The Hall–Kier alpha value is -2.11. The lowest BCUT2D eigenvalue weighted by atomic mass is 10.1. The van der Waals surface area contributed by atoms with Gasteiger partial charge in [-0.25, -0.2) is 15.0 Å². The maximum Gasteiger partial charge on any atom is 0.168 e. The molecule has 4 heterocycles. The topological polar surface area (TPSA) is 138 Å². The van der Waals surface area contributed by atoms with Gasteiger partial charge in [0, 0.05) is 0 Å². The summed E-state index contributed by atoms with van der Waals surface area (Å²) in [6, 6.07) is 0. The van der Waals surface area contributed by atoms with Gasteiger partial charge in [-0.3, -0.25) is 8.97 Å². The van der Waals surface area contributed by atoms with Crippen LogP contribution in [0.4, 0.5) is 0 Å². The average Bonchev–Trinajstić information content (AvgIpc) is 3.30. The minimum absolute atomic E-state index is 0.405. The van der Waals surface area contributed by atoms with E-state index >= 15 is 0 Å². The molecule has 1 saturated heterocycles. The SMILES string of the molecule is CCC(O)c1cnc2c3ncn(C4OC(CO)[C@@H](O)C4O)c3ncn12. The van der Waals surface area contributed by atoms with E-state index in [1.807, 2.05) is 6.92 Å². The number of aliphatic hydroxyl groups excluding tert-OH is 4. The van der Waals surface area contributed by atoms with Crippen molar-refractivity contribution in [2.24, 2.45) is 0 Å². The van der Waals surface area contributed by atoms with Gasteiger partial charge >= 0.3 is 0 Å². The second kappa shape index (κ2) is 6.00. The predicted molar refractivity (Wildman–Crippen MR) is 84.5 cm³/mol. The average molecular weight is 349 g/mol. The van der Waals surface area contributed by atoms with E-state index in [4.69, 9.17) is 4.74 Å². The van der Waals surface area contributed by atoms with Crippen LogP contribution in [0, 0.1) is 0 Å². The van der Waals surface area contributed by atoms with Gasteiger partial charge in [-0.1, -0.05) is 6.92 Å². The highest BCUT2D eigenvalue weighted by Gasteiger charge is 2.44. The third-order valence-corrected chi connectivity index (χ3v) is 4.62. The van der Waals surface area contributed by atoms with Gasteiger partial charge in [0.25, 0.3) is 0 Å². The van der Waals surface area contributed by atoms with Crippen molar-refractivity contribution in [1.82, 2.24) is 23.9 Å². The minimum atomic E-state index is -1.22. The van der Waals surface area contributed by atoms with Crippen LogP contribution in [0.1, 0.15) is 31.4 Å². The molecule has 0 aromatic carbocycles. The molecule has 4 unspecified atom stereocenters. The van der Waals surface area contributed by atoms with Crippen molar-refractivity contribution < 1.29 is 25.2 Å². The highest BCUT2D eigenvalue weighted by atomic mass is 16.6. The number of fused-ring (bicyclic) bond motifs is 3. The molecule has 1 aliphatic heterocycles. The molecular weight excluding hydrogens is 330 g/mol. The van der Waals surface area contributed by atoms with Crippen molar-refractivity contribution in [3.05, 3.63) is 24.5 Å². The molecule has 4 N–H and O–H groups in total. The number of ether oxygens (including phenoxy) is 1. The molecular formula is C15H19N5O5. The van der Waals surface area contributed by atoms with Crippen molar-refractivity contribution in [3.8, 4) is 0 Å². The van der Waals surface area contributed by atoms with E-state index in [1.54, 1.807) is 10.6 Å². The van der Waals surface area contributed by atoms with Crippen LogP contribution in [0.25, 0.3) is 16.8 Å². The highest BCUT2D eigenvalue weighted by Crippen LogP contribution is 2.32. The molecule has 1 aliphatic rings. The van der Waals surface area contributed by atoms with Gasteiger partial charge in [-0.2, -0.15) is 0 Å². The first-order valence-corrected chi connectivity index (χ1v) is 8.05. The Bertz CT molecular complexity index is 908. The maximum atomic E-state index is 10.2. The molecule has 3 aromatic rings. The van der Waals surface area contributed by atoms with E-state index < -0.39 is 37.3 Å². The summed E-state index contributed by atoms with van der Waals surface area (Å²) in [5.41, 5.74) is 2.05. The number of aliphatic hydroxyl groups is 4. The number of imidazole rings is 2. The second-order valence-electron chi connectivity index (χ2n) is 6.10. The lowest BCUT2D eigenvalue weighted by molar-refractivity contribution is -0.0511. The van der Waals surface area contributed by atoms with Crippen LogP contribution in [0.2, 0.25) is 0 Å². The number of nitrogens with zero attached hydrogens (tertiary/aromatic N) is 5.